The molecule has 0 fully saturated rings. The van der Waals surface area contributed by atoms with Crippen LogP contribution in [0.15, 0.2) is 67.8 Å². The summed E-state index contributed by atoms with van der Waals surface area (Å²) >= 11 is 0. The lowest BCUT2D eigenvalue weighted by atomic mass is 10.1. The Bertz CT molecular complexity index is 1130. The first kappa shape index (κ1) is 18.0. The van der Waals surface area contributed by atoms with Gasteiger partial charge >= 0.3 is 0 Å². The standard InChI is InChI=1S/C19H18N2O4S/c1-13-2-7-18-17(10-13)19(22)15(12-25-18)11-21-9-8-14-3-5-16(6-4-14)26(20,23)24/h2-7,10-12H,8-9H2,1H3,(H2,20,23,24). The fourth-order valence-electron chi connectivity index (χ4n) is 2.55. The highest BCUT2D eigenvalue weighted by molar-refractivity contribution is 7.89. The smallest absolute Gasteiger partial charge is 0.238 e. The number of nitrogens with two attached hydrogens (primary N) is 1. The molecule has 2 N–H and O–H groups in total. The number of nitrogens with zero attached hydrogens (tertiary/aromatic N) is 1. The van der Waals surface area contributed by atoms with Crippen molar-refractivity contribution >= 4 is 27.2 Å². The van der Waals surface area contributed by atoms with E-state index in [0.29, 0.717) is 29.5 Å². The van der Waals surface area contributed by atoms with E-state index in [2.05, 4.69) is 4.99 Å². The monoisotopic (exact) mass is 370 g/mol. The van der Waals surface area contributed by atoms with E-state index in [1.807, 2.05) is 13.0 Å². The molecular formula is C19H18N2O4S. The highest BCUT2D eigenvalue weighted by atomic mass is 32.2. The first-order chi connectivity index (χ1) is 12.3. The second-order valence-electron chi connectivity index (χ2n) is 5.99. The number of fused-ring (bicyclic) bond motifs is 1. The molecule has 0 aliphatic rings. The molecule has 2 aromatic carbocycles. The van der Waals surface area contributed by atoms with Crippen molar-refractivity contribution < 1.29 is 12.8 Å². The van der Waals surface area contributed by atoms with Crippen molar-refractivity contribution in [2.75, 3.05) is 6.54 Å². The first-order valence-electron chi connectivity index (χ1n) is 7.98. The highest BCUT2D eigenvalue weighted by Gasteiger charge is 2.07. The molecule has 0 saturated carbocycles. The van der Waals surface area contributed by atoms with Crippen LogP contribution in [0.2, 0.25) is 0 Å². The molecule has 0 amide bonds. The van der Waals surface area contributed by atoms with Crippen LogP contribution in [-0.4, -0.2) is 21.2 Å². The van der Waals surface area contributed by atoms with E-state index < -0.39 is 10.0 Å². The van der Waals surface area contributed by atoms with Crippen molar-refractivity contribution in [1.29, 1.82) is 0 Å². The molecule has 1 aromatic heterocycles. The van der Waals surface area contributed by atoms with Gasteiger partial charge in [-0.15, -0.1) is 0 Å². The zero-order valence-corrected chi connectivity index (χ0v) is 15.0. The number of benzene rings is 2. The van der Waals surface area contributed by atoms with E-state index in [-0.39, 0.29) is 10.3 Å². The van der Waals surface area contributed by atoms with Crippen LogP contribution in [0.3, 0.4) is 0 Å². The Kier molecular flexibility index (Phi) is 5.01. The molecule has 0 unspecified atom stereocenters. The number of primary sulfonamides is 1. The fraction of sp³-hybridized carbons (Fsp3) is 0.158. The quantitative estimate of drug-likeness (QED) is 0.697. The second-order valence-corrected chi connectivity index (χ2v) is 7.56. The average molecular weight is 370 g/mol. The predicted molar refractivity (Wildman–Crippen MR) is 101 cm³/mol. The van der Waals surface area contributed by atoms with Gasteiger partial charge in [-0.25, -0.2) is 13.6 Å². The number of sulfonamides is 1. The molecule has 0 atom stereocenters. The summed E-state index contributed by atoms with van der Waals surface area (Å²) in [6.45, 7) is 2.38. The molecule has 0 saturated heterocycles. The van der Waals surface area contributed by atoms with Crippen molar-refractivity contribution in [3.8, 4) is 0 Å². The number of hydrogen-bond acceptors (Lipinski definition) is 5. The Morgan fingerprint density at radius 1 is 1.15 bits per heavy atom. The van der Waals surface area contributed by atoms with E-state index in [1.54, 1.807) is 24.3 Å². The van der Waals surface area contributed by atoms with Gasteiger partial charge in [0.2, 0.25) is 15.5 Å². The maximum atomic E-state index is 12.5. The summed E-state index contributed by atoms with van der Waals surface area (Å²) in [5.41, 5.74) is 2.74. The minimum atomic E-state index is -3.68. The van der Waals surface area contributed by atoms with Gasteiger partial charge in [0, 0.05) is 12.8 Å². The molecule has 0 bridgehead atoms. The Morgan fingerprint density at radius 3 is 2.58 bits per heavy atom. The summed E-state index contributed by atoms with van der Waals surface area (Å²) in [5, 5.41) is 5.60. The Labute approximate surface area is 151 Å². The van der Waals surface area contributed by atoms with E-state index in [0.717, 1.165) is 11.1 Å². The van der Waals surface area contributed by atoms with Gasteiger partial charge < -0.3 is 4.42 Å². The lowest BCUT2D eigenvalue weighted by Crippen LogP contribution is -2.11. The van der Waals surface area contributed by atoms with Crippen LogP contribution in [0.4, 0.5) is 0 Å². The summed E-state index contributed by atoms with van der Waals surface area (Å²) < 4.78 is 27.9. The third-order valence-electron chi connectivity index (χ3n) is 3.97. The lowest BCUT2D eigenvalue weighted by molar-refractivity contribution is 0.597. The third kappa shape index (κ3) is 4.07. The summed E-state index contributed by atoms with van der Waals surface area (Å²) in [6.07, 6.45) is 3.52. The topological polar surface area (TPSA) is 103 Å². The van der Waals surface area contributed by atoms with Crippen LogP contribution in [0.25, 0.3) is 11.0 Å². The van der Waals surface area contributed by atoms with E-state index in [1.165, 1.54) is 24.6 Å². The van der Waals surface area contributed by atoms with Crippen LogP contribution >= 0.6 is 0 Å². The van der Waals surface area contributed by atoms with Crippen LogP contribution in [-0.2, 0) is 16.4 Å². The predicted octanol–water partition coefficient (Wildman–Crippen LogP) is 2.41. The van der Waals surface area contributed by atoms with Crippen LogP contribution in [0.5, 0.6) is 0 Å². The largest absolute Gasteiger partial charge is 0.463 e. The molecule has 0 radical (unpaired) electrons. The molecule has 0 aliphatic carbocycles. The molecule has 26 heavy (non-hydrogen) atoms. The molecular weight excluding hydrogens is 352 g/mol. The Hall–Kier alpha value is -2.77. The molecule has 1 heterocycles. The summed E-state index contributed by atoms with van der Waals surface area (Å²) in [7, 11) is -3.68. The molecule has 6 nitrogen and oxygen atoms in total. The average Bonchev–Trinajstić information content (AvgIpc) is 2.60. The molecule has 7 heteroatoms. The summed E-state index contributed by atoms with van der Waals surface area (Å²) in [6, 6.07) is 11.8. The van der Waals surface area contributed by atoms with Gasteiger partial charge in [-0.2, -0.15) is 0 Å². The van der Waals surface area contributed by atoms with Crippen molar-refractivity contribution in [3.63, 3.8) is 0 Å². The lowest BCUT2D eigenvalue weighted by Gasteiger charge is -2.01. The van der Waals surface area contributed by atoms with Gasteiger partial charge in [-0.3, -0.25) is 9.79 Å². The number of aliphatic imine (C=N–C) groups is 1. The zero-order chi connectivity index (χ0) is 18.7. The fourth-order valence-corrected chi connectivity index (χ4v) is 3.07. The minimum Gasteiger partial charge on any atom is -0.463 e. The Balaban J connectivity index is 1.70. The van der Waals surface area contributed by atoms with E-state index >= 15 is 0 Å². The number of aryl methyl sites for hydroxylation is 1. The van der Waals surface area contributed by atoms with Crippen molar-refractivity contribution in [2.24, 2.45) is 10.1 Å². The Morgan fingerprint density at radius 2 is 1.88 bits per heavy atom. The third-order valence-corrected chi connectivity index (χ3v) is 4.90. The molecule has 0 aliphatic heterocycles. The van der Waals surface area contributed by atoms with Gasteiger partial charge in [0.05, 0.1) is 15.8 Å². The molecule has 0 spiro atoms. The van der Waals surface area contributed by atoms with Gasteiger partial charge in [-0.1, -0.05) is 23.8 Å². The molecule has 3 rings (SSSR count). The van der Waals surface area contributed by atoms with Gasteiger partial charge in [-0.05, 0) is 43.2 Å². The maximum Gasteiger partial charge on any atom is 0.238 e. The highest BCUT2D eigenvalue weighted by Crippen LogP contribution is 2.13. The van der Waals surface area contributed by atoms with Crippen LogP contribution in [0, 0.1) is 6.92 Å². The van der Waals surface area contributed by atoms with E-state index in [4.69, 9.17) is 9.56 Å². The van der Waals surface area contributed by atoms with E-state index in [9.17, 15) is 13.2 Å². The van der Waals surface area contributed by atoms with Crippen molar-refractivity contribution in [2.45, 2.75) is 18.2 Å². The number of hydrogen-bond donors (Lipinski definition) is 1. The zero-order valence-electron chi connectivity index (χ0n) is 14.2. The van der Waals surface area contributed by atoms with Crippen LogP contribution < -0.4 is 10.6 Å². The van der Waals surface area contributed by atoms with Crippen molar-refractivity contribution in [1.82, 2.24) is 0 Å². The summed E-state index contributed by atoms with van der Waals surface area (Å²) in [5.74, 6) is 0. The first-order valence-corrected chi connectivity index (χ1v) is 9.53. The number of rotatable bonds is 5. The second kappa shape index (κ2) is 7.23. The van der Waals surface area contributed by atoms with Gasteiger partial charge in [0.25, 0.3) is 0 Å². The minimum absolute atomic E-state index is 0.0776. The van der Waals surface area contributed by atoms with Gasteiger partial charge in [0.15, 0.2) is 0 Å². The van der Waals surface area contributed by atoms with Crippen molar-refractivity contribution in [3.05, 3.63) is 75.6 Å². The normalized spacial score (nSPS) is 12.1. The van der Waals surface area contributed by atoms with Gasteiger partial charge in [0.1, 0.15) is 11.8 Å². The molecule has 3 aromatic rings. The summed E-state index contributed by atoms with van der Waals surface area (Å²) in [4.78, 5) is 16.8. The van der Waals surface area contributed by atoms with Crippen LogP contribution in [0.1, 0.15) is 16.7 Å². The maximum absolute atomic E-state index is 12.5. The molecule has 134 valence electrons. The SMILES string of the molecule is Cc1ccc2occ(C=NCCc3ccc(S(N)(=O)=O)cc3)c(=O)c2c1.